The minimum atomic E-state index is -0.175. The normalized spacial score (nSPS) is 11.0. The predicted molar refractivity (Wildman–Crippen MR) is 89.6 cm³/mol. The highest BCUT2D eigenvalue weighted by atomic mass is 19.1. The maximum absolute atomic E-state index is 14.1. The molecule has 0 unspecified atom stereocenters. The topological polar surface area (TPSA) is 28.2 Å². The van der Waals surface area contributed by atoms with Crippen molar-refractivity contribution in [1.82, 2.24) is 10.3 Å². The molecule has 3 nitrogen and oxygen atoms in total. The molecule has 2 rings (SSSR count). The second-order valence-electron chi connectivity index (χ2n) is 5.85. The number of rotatable bonds is 7. The number of likely N-dealkylation sites (N-methyl/N-ethyl adjacent to an activating group) is 1. The average Bonchev–Trinajstić information content (AvgIpc) is 2.52. The molecule has 0 aliphatic carbocycles. The molecule has 1 N–H and O–H groups in total. The molecule has 1 aromatic heterocycles. The summed E-state index contributed by atoms with van der Waals surface area (Å²) in [5.74, 6) is -0.175. The van der Waals surface area contributed by atoms with Crippen molar-refractivity contribution in [2.45, 2.75) is 32.9 Å². The first-order valence-electron chi connectivity index (χ1n) is 7.68. The molecule has 1 heterocycles. The Labute approximate surface area is 132 Å². The molecule has 22 heavy (non-hydrogen) atoms. The van der Waals surface area contributed by atoms with Gasteiger partial charge >= 0.3 is 0 Å². The number of nitrogens with one attached hydrogen (secondary N) is 1. The fraction of sp³-hybridized carbons (Fsp3) is 0.389. The van der Waals surface area contributed by atoms with Crippen LogP contribution in [-0.4, -0.2) is 24.6 Å². The molecule has 0 radical (unpaired) electrons. The number of halogens is 1. The number of pyridine rings is 1. The Balaban J connectivity index is 2.01. The van der Waals surface area contributed by atoms with Crippen LogP contribution in [0.1, 0.15) is 25.0 Å². The maximum Gasteiger partial charge on any atom is 0.146 e. The minimum Gasteiger partial charge on any atom is -0.372 e. The fourth-order valence-electron chi connectivity index (χ4n) is 2.25. The standard InChI is InChI=1S/C18H24FN3/c1-14(2)21-13-16-4-5-17(19)18(12-16)22(3)11-8-15-6-9-20-10-7-15/h4-7,9-10,12,14,21H,8,11,13H2,1-3H3. The summed E-state index contributed by atoms with van der Waals surface area (Å²) >= 11 is 0. The SMILES string of the molecule is CC(C)NCc1ccc(F)c(N(C)CCc2ccncc2)c1. The molecule has 1 aromatic carbocycles. The molecule has 0 atom stereocenters. The van der Waals surface area contributed by atoms with Gasteiger partial charge in [0.05, 0.1) is 5.69 Å². The average molecular weight is 301 g/mol. The molecule has 0 spiro atoms. The molecule has 0 saturated carbocycles. The summed E-state index contributed by atoms with van der Waals surface area (Å²) in [5.41, 5.74) is 2.96. The molecule has 0 fully saturated rings. The van der Waals surface area contributed by atoms with Gasteiger partial charge in [-0.3, -0.25) is 4.98 Å². The van der Waals surface area contributed by atoms with E-state index < -0.39 is 0 Å². The smallest absolute Gasteiger partial charge is 0.146 e. The first-order valence-corrected chi connectivity index (χ1v) is 7.68. The quantitative estimate of drug-likeness (QED) is 0.849. The minimum absolute atomic E-state index is 0.175. The van der Waals surface area contributed by atoms with Gasteiger partial charge in [-0.1, -0.05) is 19.9 Å². The van der Waals surface area contributed by atoms with Gasteiger partial charge in [0.25, 0.3) is 0 Å². The molecular formula is C18H24FN3. The molecule has 0 saturated heterocycles. The van der Waals surface area contributed by atoms with Crippen LogP contribution in [0.4, 0.5) is 10.1 Å². The predicted octanol–water partition coefficient (Wildman–Crippen LogP) is 3.40. The van der Waals surface area contributed by atoms with Crippen molar-refractivity contribution in [3.05, 3.63) is 59.7 Å². The Bertz CT molecular complexity index is 584. The number of aromatic nitrogens is 1. The summed E-state index contributed by atoms with van der Waals surface area (Å²) in [5, 5.41) is 3.36. The fourth-order valence-corrected chi connectivity index (χ4v) is 2.25. The van der Waals surface area contributed by atoms with E-state index in [1.807, 2.05) is 36.2 Å². The van der Waals surface area contributed by atoms with E-state index in [1.165, 1.54) is 5.56 Å². The summed E-state index contributed by atoms with van der Waals surface area (Å²) < 4.78 is 14.1. The van der Waals surface area contributed by atoms with Gasteiger partial charge < -0.3 is 10.2 Å². The first-order chi connectivity index (χ1) is 10.6. The molecular weight excluding hydrogens is 277 g/mol. The molecule has 0 amide bonds. The zero-order valence-corrected chi connectivity index (χ0v) is 13.5. The molecule has 4 heteroatoms. The van der Waals surface area contributed by atoms with Crippen molar-refractivity contribution in [2.24, 2.45) is 0 Å². The number of benzene rings is 1. The lowest BCUT2D eigenvalue weighted by molar-refractivity contribution is 0.585. The van der Waals surface area contributed by atoms with E-state index in [4.69, 9.17) is 0 Å². The molecule has 0 aliphatic rings. The van der Waals surface area contributed by atoms with Crippen LogP contribution < -0.4 is 10.2 Å². The Hall–Kier alpha value is -1.94. The number of hydrogen-bond acceptors (Lipinski definition) is 3. The van der Waals surface area contributed by atoms with Crippen molar-refractivity contribution in [3.63, 3.8) is 0 Å². The van der Waals surface area contributed by atoms with E-state index in [9.17, 15) is 4.39 Å². The van der Waals surface area contributed by atoms with Gasteiger partial charge in [-0.15, -0.1) is 0 Å². The number of nitrogens with zero attached hydrogens (tertiary/aromatic N) is 2. The molecule has 0 aliphatic heterocycles. The van der Waals surface area contributed by atoms with Crippen molar-refractivity contribution in [1.29, 1.82) is 0 Å². The van der Waals surface area contributed by atoms with E-state index >= 15 is 0 Å². The monoisotopic (exact) mass is 301 g/mol. The summed E-state index contributed by atoms with van der Waals surface area (Å²) in [6, 6.07) is 9.72. The lowest BCUT2D eigenvalue weighted by atomic mass is 10.1. The first kappa shape index (κ1) is 16.4. The van der Waals surface area contributed by atoms with Gasteiger partial charge in [0.2, 0.25) is 0 Å². The Morgan fingerprint density at radius 3 is 2.55 bits per heavy atom. The Morgan fingerprint density at radius 1 is 1.14 bits per heavy atom. The van der Waals surface area contributed by atoms with Gasteiger partial charge in [0.1, 0.15) is 5.82 Å². The van der Waals surface area contributed by atoms with Crippen molar-refractivity contribution < 1.29 is 4.39 Å². The highest BCUT2D eigenvalue weighted by molar-refractivity contribution is 5.49. The number of anilines is 1. The lowest BCUT2D eigenvalue weighted by Gasteiger charge is -2.21. The van der Waals surface area contributed by atoms with Crippen LogP contribution in [0.15, 0.2) is 42.7 Å². The van der Waals surface area contributed by atoms with Crippen LogP contribution >= 0.6 is 0 Å². The number of hydrogen-bond donors (Lipinski definition) is 1. The lowest BCUT2D eigenvalue weighted by Crippen LogP contribution is -2.23. The molecule has 118 valence electrons. The van der Waals surface area contributed by atoms with Crippen LogP contribution in [-0.2, 0) is 13.0 Å². The van der Waals surface area contributed by atoms with Gasteiger partial charge in [-0.2, -0.15) is 0 Å². The highest BCUT2D eigenvalue weighted by Crippen LogP contribution is 2.20. The second-order valence-corrected chi connectivity index (χ2v) is 5.85. The van der Waals surface area contributed by atoms with Crippen molar-refractivity contribution in [2.75, 3.05) is 18.5 Å². The third-order valence-corrected chi connectivity index (χ3v) is 3.62. The van der Waals surface area contributed by atoms with Crippen LogP contribution in [0.3, 0.4) is 0 Å². The van der Waals surface area contributed by atoms with Gasteiger partial charge in [0, 0.05) is 38.6 Å². The van der Waals surface area contributed by atoms with Gasteiger partial charge in [0.15, 0.2) is 0 Å². The van der Waals surface area contributed by atoms with Crippen LogP contribution in [0.2, 0.25) is 0 Å². The highest BCUT2D eigenvalue weighted by Gasteiger charge is 2.09. The van der Waals surface area contributed by atoms with E-state index in [1.54, 1.807) is 18.5 Å². The zero-order valence-electron chi connectivity index (χ0n) is 13.5. The van der Waals surface area contributed by atoms with Crippen molar-refractivity contribution in [3.8, 4) is 0 Å². The summed E-state index contributed by atoms with van der Waals surface area (Å²) in [6.07, 6.45) is 4.44. The summed E-state index contributed by atoms with van der Waals surface area (Å²) in [4.78, 5) is 5.98. The van der Waals surface area contributed by atoms with Gasteiger partial charge in [-0.25, -0.2) is 4.39 Å². The van der Waals surface area contributed by atoms with E-state index in [0.29, 0.717) is 11.7 Å². The van der Waals surface area contributed by atoms with Crippen LogP contribution in [0.5, 0.6) is 0 Å². The van der Waals surface area contributed by atoms with Crippen LogP contribution in [0, 0.1) is 5.82 Å². The molecule has 0 bridgehead atoms. The van der Waals surface area contributed by atoms with E-state index in [2.05, 4.69) is 24.1 Å². The summed E-state index contributed by atoms with van der Waals surface area (Å²) in [6.45, 7) is 5.72. The van der Waals surface area contributed by atoms with Crippen LogP contribution in [0.25, 0.3) is 0 Å². The van der Waals surface area contributed by atoms with E-state index in [0.717, 1.165) is 25.1 Å². The summed E-state index contributed by atoms with van der Waals surface area (Å²) in [7, 11) is 1.93. The van der Waals surface area contributed by atoms with Gasteiger partial charge in [-0.05, 0) is 41.8 Å². The third-order valence-electron chi connectivity index (χ3n) is 3.62. The van der Waals surface area contributed by atoms with E-state index in [-0.39, 0.29) is 5.82 Å². The Kier molecular flexibility index (Phi) is 5.90. The third kappa shape index (κ3) is 4.81. The zero-order chi connectivity index (χ0) is 15.9. The second kappa shape index (κ2) is 7.90. The van der Waals surface area contributed by atoms with Crippen molar-refractivity contribution >= 4 is 5.69 Å². The molecule has 2 aromatic rings. The maximum atomic E-state index is 14.1. The largest absolute Gasteiger partial charge is 0.372 e. The Morgan fingerprint density at radius 2 is 1.86 bits per heavy atom.